The van der Waals surface area contributed by atoms with E-state index in [4.69, 9.17) is 0 Å². The number of hydrogen-bond acceptors (Lipinski definition) is 5. The predicted molar refractivity (Wildman–Crippen MR) is 92.4 cm³/mol. The van der Waals surface area contributed by atoms with Gasteiger partial charge in [0, 0.05) is 23.7 Å². The fourth-order valence-electron chi connectivity index (χ4n) is 2.40. The summed E-state index contributed by atoms with van der Waals surface area (Å²) in [6.07, 6.45) is 3.40. The third-order valence-electron chi connectivity index (χ3n) is 3.52. The largest absolute Gasteiger partial charge is 0.277 e. The summed E-state index contributed by atoms with van der Waals surface area (Å²) >= 11 is 1.50. The number of benzene rings is 1. The Morgan fingerprint density at radius 3 is 2.75 bits per heavy atom. The second-order valence-electron chi connectivity index (χ2n) is 5.12. The Bertz CT molecular complexity index is 1040. The van der Waals surface area contributed by atoms with Crippen LogP contribution in [-0.4, -0.2) is 24.1 Å². The molecule has 6 nitrogen and oxygen atoms in total. The van der Waals surface area contributed by atoms with Crippen LogP contribution in [0.25, 0.3) is 11.3 Å². The van der Waals surface area contributed by atoms with E-state index in [0.29, 0.717) is 11.4 Å². The maximum atomic E-state index is 12.1. The number of nitrogens with zero attached hydrogens (tertiary/aromatic N) is 5. The second-order valence-corrected chi connectivity index (χ2v) is 6.06. The average molecular weight is 335 g/mol. The molecule has 0 saturated heterocycles. The van der Waals surface area contributed by atoms with Crippen LogP contribution in [-0.2, 0) is 5.75 Å². The van der Waals surface area contributed by atoms with Crippen molar-refractivity contribution in [3.8, 4) is 5.69 Å². The lowest BCUT2D eigenvalue weighted by molar-refractivity contribution is 0.882. The third kappa shape index (κ3) is 2.81. The van der Waals surface area contributed by atoms with E-state index < -0.39 is 0 Å². The molecule has 0 aliphatic carbocycles. The minimum absolute atomic E-state index is 0.0827. The third-order valence-corrected chi connectivity index (χ3v) is 4.50. The van der Waals surface area contributed by atoms with Gasteiger partial charge in [0.15, 0.2) is 5.16 Å². The van der Waals surface area contributed by atoms with E-state index in [1.807, 2.05) is 53.1 Å². The highest BCUT2D eigenvalue weighted by atomic mass is 32.2. The zero-order valence-electron chi connectivity index (χ0n) is 12.6. The Balaban J connectivity index is 1.60. The van der Waals surface area contributed by atoms with E-state index in [9.17, 15) is 4.79 Å². The first-order valence-electron chi connectivity index (χ1n) is 7.37. The quantitative estimate of drug-likeness (QED) is 0.536. The van der Waals surface area contributed by atoms with Gasteiger partial charge in [-0.3, -0.25) is 13.8 Å². The van der Waals surface area contributed by atoms with Crippen molar-refractivity contribution >= 4 is 17.4 Å². The van der Waals surface area contributed by atoms with Gasteiger partial charge in [0.25, 0.3) is 5.56 Å². The van der Waals surface area contributed by atoms with Crippen molar-refractivity contribution < 1.29 is 0 Å². The van der Waals surface area contributed by atoms with Crippen LogP contribution in [0, 0.1) is 0 Å². The normalized spacial score (nSPS) is 11.0. The molecule has 0 atom stereocenters. The Hall–Kier alpha value is -2.93. The first kappa shape index (κ1) is 14.6. The summed E-state index contributed by atoms with van der Waals surface area (Å²) in [5.41, 5.74) is 2.28. The van der Waals surface area contributed by atoms with Gasteiger partial charge < -0.3 is 0 Å². The molecular formula is C17H13N5OS. The Labute approximate surface area is 141 Å². The highest BCUT2D eigenvalue weighted by molar-refractivity contribution is 7.98. The van der Waals surface area contributed by atoms with Crippen molar-refractivity contribution in [1.29, 1.82) is 0 Å². The maximum Gasteiger partial charge on any atom is 0.258 e. The zero-order valence-corrected chi connectivity index (χ0v) is 13.4. The average Bonchev–Trinajstić information content (AvgIpc) is 3.09. The molecule has 24 heavy (non-hydrogen) atoms. The molecule has 0 amide bonds. The first-order valence-corrected chi connectivity index (χ1v) is 8.35. The molecule has 1 aromatic carbocycles. The monoisotopic (exact) mass is 335 g/mol. The van der Waals surface area contributed by atoms with Crippen molar-refractivity contribution in [2.24, 2.45) is 0 Å². The van der Waals surface area contributed by atoms with Crippen LogP contribution < -0.4 is 5.56 Å². The van der Waals surface area contributed by atoms with Crippen LogP contribution in [0.15, 0.2) is 77.1 Å². The molecule has 0 spiro atoms. The number of pyridine rings is 1. The standard InChI is InChI=1S/C17H13N5OS/c23-16-10-13(19-15-8-4-5-9-21(15)16)11-24-17-20-18-12-22(17)14-6-2-1-3-7-14/h1-10,12H,11H2. The fourth-order valence-corrected chi connectivity index (χ4v) is 3.23. The van der Waals surface area contributed by atoms with Crippen molar-refractivity contribution in [2.75, 3.05) is 0 Å². The van der Waals surface area contributed by atoms with Gasteiger partial charge in [0.05, 0.1) is 5.69 Å². The van der Waals surface area contributed by atoms with E-state index >= 15 is 0 Å². The van der Waals surface area contributed by atoms with Gasteiger partial charge in [-0.1, -0.05) is 36.0 Å². The molecule has 4 aromatic rings. The molecule has 3 heterocycles. The van der Waals surface area contributed by atoms with Crippen molar-refractivity contribution in [1.82, 2.24) is 24.1 Å². The van der Waals surface area contributed by atoms with E-state index in [1.165, 1.54) is 16.2 Å². The molecular weight excluding hydrogens is 322 g/mol. The van der Waals surface area contributed by atoms with E-state index in [2.05, 4.69) is 15.2 Å². The summed E-state index contributed by atoms with van der Waals surface area (Å²) in [7, 11) is 0. The molecule has 0 unspecified atom stereocenters. The summed E-state index contributed by atoms with van der Waals surface area (Å²) < 4.78 is 3.44. The van der Waals surface area contributed by atoms with Gasteiger partial charge in [0.1, 0.15) is 12.0 Å². The van der Waals surface area contributed by atoms with Gasteiger partial charge >= 0.3 is 0 Å². The molecule has 0 N–H and O–H groups in total. The van der Waals surface area contributed by atoms with Gasteiger partial charge in [0.2, 0.25) is 0 Å². The van der Waals surface area contributed by atoms with Gasteiger partial charge in [-0.25, -0.2) is 4.98 Å². The number of thioether (sulfide) groups is 1. The van der Waals surface area contributed by atoms with Gasteiger partial charge in [-0.05, 0) is 24.3 Å². The highest BCUT2D eigenvalue weighted by Gasteiger charge is 2.09. The summed E-state index contributed by atoms with van der Waals surface area (Å²) in [6, 6.07) is 16.9. The zero-order chi connectivity index (χ0) is 16.4. The SMILES string of the molecule is O=c1cc(CSc2nncn2-c2ccccc2)nc2ccccn12. The van der Waals surface area contributed by atoms with Gasteiger partial charge in [-0.15, -0.1) is 10.2 Å². The van der Waals surface area contributed by atoms with E-state index in [0.717, 1.165) is 16.5 Å². The van der Waals surface area contributed by atoms with Crippen molar-refractivity contribution in [2.45, 2.75) is 10.9 Å². The fraction of sp³-hybridized carbons (Fsp3) is 0.0588. The van der Waals surface area contributed by atoms with Crippen LogP contribution in [0.4, 0.5) is 0 Å². The molecule has 0 radical (unpaired) electrons. The predicted octanol–water partition coefficient (Wildman–Crippen LogP) is 2.57. The minimum atomic E-state index is -0.0827. The molecule has 7 heteroatoms. The summed E-state index contributed by atoms with van der Waals surface area (Å²) in [5, 5.41) is 8.90. The number of hydrogen-bond donors (Lipinski definition) is 0. The summed E-state index contributed by atoms with van der Waals surface area (Å²) in [5.74, 6) is 0.548. The number of para-hydroxylation sites is 1. The number of fused-ring (bicyclic) bond motifs is 1. The molecule has 0 fully saturated rings. The van der Waals surface area contributed by atoms with Crippen LogP contribution in [0.5, 0.6) is 0 Å². The lowest BCUT2D eigenvalue weighted by Gasteiger charge is -2.06. The first-order chi connectivity index (χ1) is 11.8. The lowest BCUT2D eigenvalue weighted by atomic mass is 10.3. The Morgan fingerprint density at radius 2 is 1.88 bits per heavy atom. The smallest absolute Gasteiger partial charge is 0.258 e. The topological polar surface area (TPSA) is 65.1 Å². The van der Waals surface area contributed by atoms with Crippen LogP contribution in [0.2, 0.25) is 0 Å². The molecule has 0 saturated carbocycles. The molecule has 118 valence electrons. The Kier molecular flexibility index (Phi) is 3.84. The van der Waals surface area contributed by atoms with Crippen LogP contribution in [0.3, 0.4) is 0 Å². The number of rotatable bonds is 4. The Morgan fingerprint density at radius 1 is 1.04 bits per heavy atom. The van der Waals surface area contributed by atoms with Crippen LogP contribution >= 0.6 is 11.8 Å². The lowest BCUT2D eigenvalue weighted by Crippen LogP contribution is -2.14. The highest BCUT2D eigenvalue weighted by Crippen LogP contribution is 2.22. The second kappa shape index (κ2) is 6.29. The summed E-state index contributed by atoms with van der Waals surface area (Å²) in [4.78, 5) is 16.7. The molecule has 4 rings (SSSR count). The summed E-state index contributed by atoms with van der Waals surface area (Å²) in [6.45, 7) is 0. The molecule has 3 aromatic heterocycles. The van der Waals surface area contributed by atoms with E-state index in [-0.39, 0.29) is 5.56 Å². The van der Waals surface area contributed by atoms with Crippen molar-refractivity contribution in [3.63, 3.8) is 0 Å². The van der Waals surface area contributed by atoms with Crippen molar-refractivity contribution in [3.05, 3.63) is 83.2 Å². The maximum absolute atomic E-state index is 12.1. The molecule has 0 bridgehead atoms. The van der Waals surface area contributed by atoms with Crippen LogP contribution in [0.1, 0.15) is 5.69 Å². The minimum Gasteiger partial charge on any atom is -0.277 e. The number of aromatic nitrogens is 5. The molecule has 0 aliphatic rings. The van der Waals surface area contributed by atoms with E-state index in [1.54, 1.807) is 18.6 Å². The molecule has 0 aliphatic heterocycles. The van der Waals surface area contributed by atoms with Gasteiger partial charge in [-0.2, -0.15) is 0 Å².